The molecular formula is C24H24N2O6. The van der Waals surface area contributed by atoms with Crippen molar-refractivity contribution < 1.29 is 28.7 Å². The lowest BCUT2D eigenvalue weighted by molar-refractivity contribution is -0.140. The molecule has 0 unspecified atom stereocenters. The lowest BCUT2D eigenvalue weighted by atomic mass is 10.0. The van der Waals surface area contributed by atoms with E-state index in [0.29, 0.717) is 33.6 Å². The zero-order valence-electron chi connectivity index (χ0n) is 18.2. The van der Waals surface area contributed by atoms with Gasteiger partial charge in [0.05, 0.1) is 24.2 Å². The summed E-state index contributed by atoms with van der Waals surface area (Å²) in [5.41, 5.74) is 1.05. The second kappa shape index (κ2) is 8.66. The van der Waals surface area contributed by atoms with Gasteiger partial charge in [0, 0.05) is 32.6 Å². The van der Waals surface area contributed by atoms with Gasteiger partial charge in [0.2, 0.25) is 0 Å². The monoisotopic (exact) mass is 436 g/mol. The Morgan fingerprint density at radius 2 is 1.22 bits per heavy atom. The SMILES string of the molecule is C=C(C)C(=O)OCCN1C(=O)c2cc3c(=C)n(CCOC(=O)C(=C)C)c(=C)c3cc2C1=O. The normalized spacial score (nSPS) is 12.8. The quantitative estimate of drug-likeness (QED) is 0.352. The van der Waals surface area contributed by atoms with Gasteiger partial charge in [0.15, 0.2) is 0 Å². The number of rotatable bonds is 8. The van der Waals surface area contributed by atoms with Crippen molar-refractivity contribution in [1.82, 2.24) is 9.47 Å². The molecule has 1 aliphatic rings. The number of hydrogen-bond acceptors (Lipinski definition) is 6. The molecule has 32 heavy (non-hydrogen) atoms. The third kappa shape index (κ3) is 3.99. The van der Waals surface area contributed by atoms with Gasteiger partial charge in [-0.25, -0.2) is 9.59 Å². The molecule has 8 nitrogen and oxygen atoms in total. The lowest BCUT2D eigenvalue weighted by Crippen LogP contribution is -2.33. The Balaban J connectivity index is 1.84. The third-order valence-corrected chi connectivity index (χ3v) is 5.18. The van der Waals surface area contributed by atoms with E-state index in [1.54, 1.807) is 23.6 Å². The van der Waals surface area contributed by atoms with Gasteiger partial charge in [-0.1, -0.05) is 26.3 Å². The lowest BCUT2D eigenvalue weighted by Gasteiger charge is -2.13. The smallest absolute Gasteiger partial charge is 0.333 e. The van der Waals surface area contributed by atoms with Gasteiger partial charge in [-0.05, 0) is 26.0 Å². The van der Waals surface area contributed by atoms with E-state index in [1.165, 1.54) is 6.92 Å². The largest absolute Gasteiger partial charge is 0.460 e. The first-order valence-corrected chi connectivity index (χ1v) is 9.90. The number of carbonyl (C=O) groups is 4. The van der Waals surface area contributed by atoms with Crippen LogP contribution in [0.4, 0.5) is 0 Å². The molecule has 0 saturated carbocycles. The van der Waals surface area contributed by atoms with E-state index in [9.17, 15) is 19.2 Å². The molecule has 0 spiro atoms. The van der Waals surface area contributed by atoms with E-state index in [1.807, 2.05) is 0 Å². The Hall–Kier alpha value is -3.94. The Morgan fingerprint density at radius 3 is 1.62 bits per heavy atom. The second-order valence-electron chi connectivity index (χ2n) is 7.58. The number of benzene rings is 1. The van der Waals surface area contributed by atoms with Gasteiger partial charge in [-0.3, -0.25) is 14.5 Å². The Kier molecular flexibility index (Phi) is 6.16. The summed E-state index contributed by atoms with van der Waals surface area (Å²) in [4.78, 5) is 49.8. The number of amides is 2. The molecule has 0 N–H and O–H groups in total. The Bertz CT molecular complexity index is 1230. The minimum absolute atomic E-state index is 0.0574. The van der Waals surface area contributed by atoms with Crippen LogP contribution >= 0.6 is 0 Å². The number of ether oxygens (including phenoxy) is 2. The third-order valence-electron chi connectivity index (χ3n) is 5.18. The molecule has 0 saturated heterocycles. The molecule has 3 rings (SSSR count). The van der Waals surface area contributed by atoms with Crippen molar-refractivity contribution in [3.05, 3.63) is 58.3 Å². The van der Waals surface area contributed by atoms with Gasteiger partial charge in [-0.2, -0.15) is 0 Å². The molecule has 2 aromatic rings. The van der Waals surface area contributed by atoms with Crippen molar-refractivity contribution in [2.75, 3.05) is 19.8 Å². The Labute approximate surface area is 184 Å². The number of fused-ring (bicyclic) bond motifs is 2. The van der Waals surface area contributed by atoms with Crippen LogP contribution in [0.3, 0.4) is 0 Å². The van der Waals surface area contributed by atoms with E-state index in [-0.39, 0.29) is 36.5 Å². The molecule has 0 bridgehead atoms. The van der Waals surface area contributed by atoms with E-state index in [0.717, 1.165) is 4.90 Å². The topological polar surface area (TPSA) is 94.9 Å². The fourth-order valence-corrected chi connectivity index (χ4v) is 3.45. The van der Waals surface area contributed by atoms with E-state index in [4.69, 9.17) is 9.47 Å². The summed E-state index contributed by atoms with van der Waals surface area (Å²) in [6.07, 6.45) is 0. The average molecular weight is 436 g/mol. The van der Waals surface area contributed by atoms with Crippen LogP contribution in [-0.2, 0) is 25.6 Å². The zero-order chi connectivity index (χ0) is 23.7. The molecule has 8 heteroatoms. The zero-order valence-corrected chi connectivity index (χ0v) is 18.2. The van der Waals surface area contributed by atoms with Crippen molar-refractivity contribution in [1.29, 1.82) is 0 Å². The Morgan fingerprint density at radius 1 is 0.812 bits per heavy atom. The van der Waals surface area contributed by atoms with Crippen LogP contribution in [-0.4, -0.2) is 53.0 Å². The first-order chi connectivity index (χ1) is 15.0. The molecule has 0 aliphatic carbocycles. The first-order valence-electron chi connectivity index (χ1n) is 9.90. The van der Waals surface area contributed by atoms with Crippen molar-refractivity contribution in [2.24, 2.45) is 0 Å². The molecule has 0 radical (unpaired) electrons. The number of esters is 2. The van der Waals surface area contributed by atoms with Crippen molar-refractivity contribution >= 4 is 47.7 Å². The number of nitrogens with zero attached hydrogens (tertiary/aromatic N) is 2. The summed E-state index contributed by atoms with van der Waals surface area (Å²) >= 11 is 0. The second-order valence-corrected chi connectivity index (χ2v) is 7.58. The maximum atomic E-state index is 12.8. The van der Waals surface area contributed by atoms with Crippen molar-refractivity contribution in [3.63, 3.8) is 0 Å². The number of imide groups is 1. The highest BCUT2D eigenvalue weighted by atomic mass is 16.5. The van der Waals surface area contributed by atoms with E-state index < -0.39 is 23.8 Å². The fraction of sp³-hybridized carbons (Fsp3) is 0.250. The van der Waals surface area contributed by atoms with Crippen molar-refractivity contribution in [2.45, 2.75) is 20.4 Å². The van der Waals surface area contributed by atoms with E-state index in [2.05, 4.69) is 26.3 Å². The van der Waals surface area contributed by atoms with Gasteiger partial charge in [-0.15, -0.1) is 0 Å². The van der Waals surface area contributed by atoms with Crippen molar-refractivity contribution in [3.8, 4) is 0 Å². The fourth-order valence-electron chi connectivity index (χ4n) is 3.45. The summed E-state index contributed by atoms with van der Waals surface area (Å²) in [7, 11) is 0. The number of hydrogen-bond donors (Lipinski definition) is 0. The molecule has 1 aliphatic heterocycles. The standard InChI is InChI=1S/C24H24N2O6/c1-13(2)23(29)31-9-7-25-15(5)17-11-19-20(12-18(17)16(25)6)22(28)26(21(19)27)8-10-32-24(30)14(3)4/h11-12H,1,3,5-10H2,2,4H3. The predicted molar refractivity (Wildman–Crippen MR) is 119 cm³/mol. The van der Waals surface area contributed by atoms with E-state index >= 15 is 0 Å². The minimum Gasteiger partial charge on any atom is -0.460 e. The molecule has 166 valence electrons. The summed E-state index contributed by atoms with van der Waals surface area (Å²) in [5.74, 6) is -2.00. The average Bonchev–Trinajstić information content (AvgIpc) is 3.12. The molecule has 0 fully saturated rings. The van der Waals surface area contributed by atoms with Crippen LogP contribution in [0.15, 0.2) is 36.4 Å². The first kappa shape index (κ1) is 22.7. The molecule has 2 amide bonds. The van der Waals surface area contributed by atoms with Crippen LogP contribution in [0.2, 0.25) is 0 Å². The summed E-state index contributed by atoms with van der Waals surface area (Å²) in [5, 5.41) is 2.54. The summed E-state index contributed by atoms with van der Waals surface area (Å²) < 4.78 is 11.9. The van der Waals surface area contributed by atoms with Gasteiger partial charge < -0.3 is 14.0 Å². The van der Waals surface area contributed by atoms with Gasteiger partial charge in [0.1, 0.15) is 13.2 Å². The van der Waals surface area contributed by atoms with Crippen LogP contribution in [0.25, 0.3) is 23.9 Å². The molecule has 1 aromatic carbocycles. The highest BCUT2D eigenvalue weighted by Gasteiger charge is 2.36. The van der Waals surface area contributed by atoms with Crippen LogP contribution in [0, 0.1) is 0 Å². The highest BCUT2D eigenvalue weighted by Crippen LogP contribution is 2.26. The summed E-state index contributed by atoms with van der Waals surface area (Å²) in [6.45, 7) is 18.5. The van der Waals surface area contributed by atoms with Gasteiger partial charge in [0.25, 0.3) is 11.8 Å². The summed E-state index contributed by atoms with van der Waals surface area (Å²) in [6, 6.07) is 3.25. The number of aromatic nitrogens is 1. The van der Waals surface area contributed by atoms with Crippen LogP contribution in [0.5, 0.6) is 0 Å². The maximum absolute atomic E-state index is 12.8. The maximum Gasteiger partial charge on any atom is 0.333 e. The minimum atomic E-state index is -0.581. The van der Waals surface area contributed by atoms with Gasteiger partial charge >= 0.3 is 11.9 Å². The number of carbonyl (C=O) groups excluding carboxylic acids is 4. The predicted octanol–water partition coefficient (Wildman–Crippen LogP) is 1.30. The van der Waals surface area contributed by atoms with Crippen LogP contribution in [0.1, 0.15) is 34.6 Å². The molecular weight excluding hydrogens is 412 g/mol. The highest BCUT2D eigenvalue weighted by molar-refractivity contribution is 6.23. The molecule has 0 atom stereocenters. The molecule has 1 aromatic heterocycles. The molecule has 2 heterocycles. The van der Waals surface area contributed by atoms with Crippen LogP contribution < -0.4 is 10.7 Å².